The minimum atomic E-state index is -0.627. The zero-order valence-electron chi connectivity index (χ0n) is 15.4. The molecule has 2 heterocycles. The lowest BCUT2D eigenvalue weighted by atomic mass is 10.2. The maximum atomic E-state index is 14.2. The Bertz CT molecular complexity index is 999. The quantitative estimate of drug-likeness (QED) is 0.609. The third kappa shape index (κ3) is 4.00. The minimum absolute atomic E-state index is 0.0383. The Morgan fingerprint density at radius 2 is 2.07 bits per heavy atom. The van der Waals surface area contributed by atoms with Crippen molar-refractivity contribution < 1.29 is 13.9 Å². The molecule has 1 aromatic carbocycles. The van der Waals surface area contributed by atoms with E-state index < -0.39 is 17.5 Å². The van der Waals surface area contributed by atoms with E-state index in [0.29, 0.717) is 23.1 Å². The summed E-state index contributed by atoms with van der Waals surface area (Å²) in [5, 5.41) is 4.78. The second-order valence-corrected chi connectivity index (χ2v) is 7.17. The fourth-order valence-electron chi connectivity index (χ4n) is 2.62. The second kappa shape index (κ2) is 7.11. The number of carbonyl (C=O) groups is 1. The van der Waals surface area contributed by atoms with Gasteiger partial charge in [-0.25, -0.2) is 14.2 Å². The van der Waals surface area contributed by atoms with E-state index in [1.807, 2.05) is 6.92 Å². The molecule has 0 atom stereocenters. The largest absolute Gasteiger partial charge is 0.442 e. The standard InChI is InChI=1S/C18H19ClFN5O2/c1-5-24(15-13(20)10-21-16(19)23-15)12-6-7-14-11(8-12)9-22-25(14)17(26)27-18(2,3)4/h6-10H,5H2,1-4H3. The first kappa shape index (κ1) is 19.0. The molecule has 0 fully saturated rings. The molecule has 0 unspecified atom stereocenters. The van der Waals surface area contributed by atoms with E-state index in [0.717, 1.165) is 6.20 Å². The molecule has 0 N–H and O–H groups in total. The Morgan fingerprint density at radius 3 is 2.74 bits per heavy atom. The van der Waals surface area contributed by atoms with Crippen LogP contribution in [-0.2, 0) is 4.74 Å². The predicted molar refractivity (Wildman–Crippen MR) is 101 cm³/mol. The number of benzene rings is 1. The molecule has 0 saturated heterocycles. The molecule has 0 aliphatic carbocycles. The molecule has 142 valence electrons. The van der Waals surface area contributed by atoms with Gasteiger partial charge < -0.3 is 9.64 Å². The van der Waals surface area contributed by atoms with Gasteiger partial charge in [0.05, 0.1) is 17.9 Å². The summed E-state index contributed by atoms with van der Waals surface area (Å²) in [6.07, 6.45) is 2.03. The zero-order valence-corrected chi connectivity index (χ0v) is 16.2. The summed E-state index contributed by atoms with van der Waals surface area (Å²) >= 11 is 5.81. The van der Waals surface area contributed by atoms with Crippen molar-refractivity contribution in [3.8, 4) is 0 Å². The van der Waals surface area contributed by atoms with Crippen LogP contribution < -0.4 is 4.90 Å². The molecule has 0 bridgehead atoms. The molecular formula is C18H19ClFN5O2. The van der Waals surface area contributed by atoms with Gasteiger partial charge in [0.15, 0.2) is 11.6 Å². The lowest BCUT2D eigenvalue weighted by Gasteiger charge is -2.22. The first-order chi connectivity index (χ1) is 12.7. The maximum absolute atomic E-state index is 14.2. The van der Waals surface area contributed by atoms with Crippen molar-refractivity contribution in [1.29, 1.82) is 0 Å². The van der Waals surface area contributed by atoms with Crippen LogP contribution in [0.2, 0.25) is 5.28 Å². The Morgan fingerprint density at radius 1 is 1.33 bits per heavy atom. The van der Waals surface area contributed by atoms with Crippen molar-refractivity contribution in [2.24, 2.45) is 0 Å². The summed E-state index contributed by atoms with van der Waals surface area (Å²) in [5.41, 5.74) is 0.644. The highest BCUT2D eigenvalue weighted by molar-refractivity contribution is 6.28. The molecule has 3 aromatic rings. The van der Waals surface area contributed by atoms with Crippen LogP contribution in [0.25, 0.3) is 10.9 Å². The molecule has 0 spiro atoms. The summed E-state index contributed by atoms with van der Waals surface area (Å²) in [6, 6.07) is 5.27. The Kier molecular flexibility index (Phi) is 5.01. The fourth-order valence-corrected chi connectivity index (χ4v) is 2.75. The third-order valence-corrected chi connectivity index (χ3v) is 3.88. The van der Waals surface area contributed by atoms with Gasteiger partial charge in [-0.05, 0) is 57.5 Å². The lowest BCUT2D eigenvalue weighted by molar-refractivity contribution is 0.0522. The molecule has 9 heteroatoms. The average Bonchev–Trinajstić information content (AvgIpc) is 3.00. The molecule has 0 saturated carbocycles. The summed E-state index contributed by atoms with van der Waals surface area (Å²) in [6.45, 7) is 7.68. The van der Waals surface area contributed by atoms with E-state index >= 15 is 0 Å². The number of carbonyl (C=O) groups excluding carboxylic acids is 1. The summed E-state index contributed by atoms with van der Waals surface area (Å²) < 4.78 is 20.7. The molecule has 0 amide bonds. The highest BCUT2D eigenvalue weighted by atomic mass is 35.5. The average molecular weight is 392 g/mol. The molecular weight excluding hydrogens is 373 g/mol. The monoisotopic (exact) mass is 391 g/mol. The smallest absolute Gasteiger partial charge is 0.435 e. The van der Waals surface area contributed by atoms with E-state index in [-0.39, 0.29) is 11.1 Å². The van der Waals surface area contributed by atoms with E-state index in [1.165, 1.54) is 4.68 Å². The lowest BCUT2D eigenvalue weighted by Crippen LogP contribution is -2.27. The SMILES string of the molecule is CCN(c1ccc2c(cnn2C(=O)OC(C)(C)C)c1)c1nc(Cl)ncc1F. The topological polar surface area (TPSA) is 73.1 Å². The van der Waals surface area contributed by atoms with Crippen molar-refractivity contribution in [2.75, 3.05) is 11.4 Å². The van der Waals surface area contributed by atoms with Gasteiger partial charge >= 0.3 is 6.09 Å². The third-order valence-electron chi connectivity index (χ3n) is 3.70. The van der Waals surface area contributed by atoms with Crippen LogP contribution in [-0.4, -0.2) is 38.0 Å². The van der Waals surface area contributed by atoms with Crippen LogP contribution in [0.4, 0.5) is 20.7 Å². The number of halogens is 2. The predicted octanol–water partition coefficient (Wildman–Crippen LogP) is 4.56. The zero-order chi connectivity index (χ0) is 19.8. The van der Waals surface area contributed by atoms with E-state index in [1.54, 1.807) is 50.1 Å². The highest BCUT2D eigenvalue weighted by Gasteiger charge is 2.21. The Labute approximate surface area is 160 Å². The van der Waals surface area contributed by atoms with Gasteiger partial charge in [-0.3, -0.25) is 0 Å². The van der Waals surface area contributed by atoms with Crippen LogP contribution >= 0.6 is 11.6 Å². The van der Waals surface area contributed by atoms with Gasteiger partial charge in [-0.15, -0.1) is 0 Å². The van der Waals surface area contributed by atoms with Crippen LogP contribution in [0.15, 0.2) is 30.6 Å². The van der Waals surface area contributed by atoms with Crippen molar-refractivity contribution in [1.82, 2.24) is 19.7 Å². The van der Waals surface area contributed by atoms with Gasteiger partial charge in [-0.2, -0.15) is 14.8 Å². The maximum Gasteiger partial charge on any atom is 0.435 e. The Hall–Kier alpha value is -2.74. The number of anilines is 2. The van der Waals surface area contributed by atoms with Crippen LogP contribution in [0.1, 0.15) is 27.7 Å². The summed E-state index contributed by atoms with van der Waals surface area (Å²) in [5.74, 6) is -0.498. The van der Waals surface area contributed by atoms with E-state index in [4.69, 9.17) is 16.3 Å². The molecule has 27 heavy (non-hydrogen) atoms. The molecule has 0 aliphatic heterocycles. The van der Waals surface area contributed by atoms with Crippen molar-refractivity contribution in [3.05, 3.63) is 41.7 Å². The van der Waals surface area contributed by atoms with E-state index in [2.05, 4.69) is 15.1 Å². The van der Waals surface area contributed by atoms with Gasteiger partial charge in [0.2, 0.25) is 5.28 Å². The van der Waals surface area contributed by atoms with Crippen molar-refractivity contribution >= 4 is 40.1 Å². The Balaban J connectivity index is 1.99. The van der Waals surface area contributed by atoms with Gasteiger partial charge in [0, 0.05) is 17.6 Å². The van der Waals surface area contributed by atoms with Gasteiger partial charge in [0.25, 0.3) is 0 Å². The van der Waals surface area contributed by atoms with Gasteiger partial charge in [-0.1, -0.05) is 0 Å². The first-order valence-electron chi connectivity index (χ1n) is 8.36. The normalized spacial score (nSPS) is 11.6. The number of ether oxygens (including phenoxy) is 1. The number of fused-ring (bicyclic) bond motifs is 1. The fraction of sp³-hybridized carbons (Fsp3) is 0.333. The van der Waals surface area contributed by atoms with E-state index in [9.17, 15) is 9.18 Å². The molecule has 3 rings (SSSR count). The van der Waals surface area contributed by atoms with Gasteiger partial charge in [0.1, 0.15) is 5.60 Å². The molecule has 2 aromatic heterocycles. The highest BCUT2D eigenvalue weighted by Crippen LogP contribution is 2.29. The minimum Gasteiger partial charge on any atom is -0.442 e. The van der Waals surface area contributed by atoms with Crippen LogP contribution in [0, 0.1) is 5.82 Å². The molecule has 0 radical (unpaired) electrons. The van der Waals surface area contributed by atoms with Crippen molar-refractivity contribution in [3.63, 3.8) is 0 Å². The number of hydrogen-bond donors (Lipinski definition) is 0. The number of aromatic nitrogens is 4. The summed E-state index contributed by atoms with van der Waals surface area (Å²) in [7, 11) is 0. The second-order valence-electron chi connectivity index (χ2n) is 6.83. The number of nitrogens with zero attached hydrogens (tertiary/aromatic N) is 5. The van der Waals surface area contributed by atoms with Crippen LogP contribution in [0.3, 0.4) is 0 Å². The number of hydrogen-bond acceptors (Lipinski definition) is 6. The number of rotatable bonds is 3. The molecule has 7 nitrogen and oxygen atoms in total. The molecule has 0 aliphatic rings. The van der Waals surface area contributed by atoms with Crippen LogP contribution in [0.5, 0.6) is 0 Å². The summed E-state index contributed by atoms with van der Waals surface area (Å²) in [4.78, 5) is 21.6. The van der Waals surface area contributed by atoms with Crippen molar-refractivity contribution in [2.45, 2.75) is 33.3 Å². The first-order valence-corrected chi connectivity index (χ1v) is 8.74.